The zero-order valence-corrected chi connectivity index (χ0v) is 17.9. The highest BCUT2D eigenvalue weighted by molar-refractivity contribution is 4.89. The van der Waals surface area contributed by atoms with Crippen molar-refractivity contribution in [3.63, 3.8) is 0 Å². The van der Waals surface area contributed by atoms with Crippen molar-refractivity contribution in [3.05, 3.63) is 12.2 Å². The zero-order valence-electron chi connectivity index (χ0n) is 17.9. The van der Waals surface area contributed by atoms with Crippen LogP contribution in [0.25, 0.3) is 0 Å². The summed E-state index contributed by atoms with van der Waals surface area (Å²) in [6.07, 6.45) is 18.2. The average Bonchev–Trinajstić information content (AvgIpc) is 3.07. The molecule has 166 valence electrons. The van der Waals surface area contributed by atoms with Crippen LogP contribution in [0.3, 0.4) is 0 Å². The molecular formula is C23H44O5. The molecule has 0 aliphatic carbocycles. The number of aliphatic hydroxyl groups is 3. The van der Waals surface area contributed by atoms with Crippen LogP contribution in [0.4, 0.5) is 0 Å². The van der Waals surface area contributed by atoms with Crippen molar-refractivity contribution in [2.24, 2.45) is 0 Å². The van der Waals surface area contributed by atoms with Crippen LogP contribution in [0.5, 0.6) is 0 Å². The van der Waals surface area contributed by atoms with E-state index in [4.69, 9.17) is 14.6 Å². The molecule has 0 bridgehead atoms. The molecular weight excluding hydrogens is 356 g/mol. The third-order valence-corrected chi connectivity index (χ3v) is 5.45. The Bertz CT molecular complexity index is 374. The number of unbranched alkanes of at least 4 members (excludes halogenated alkanes) is 11. The van der Waals surface area contributed by atoms with Gasteiger partial charge in [-0.05, 0) is 32.1 Å². The number of allylic oxidation sites excluding steroid dienone is 2. The van der Waals surface area contributed by atoms with Crippen molar-refractivity contribution in [2.75, 3.05) is 19.8 Å². The topological polar surface area (TPSA) is 79.2 Å². The van der Waals surface area contributed by atoms with E-state index in [9.17, 15) is 10.2 Å². The highest BCUT2D eigenvalue weighted by Crippen LogP contribution is 2.21. The normalized spacial score (nSPS) is 23.6. The Morgan fingerprint density at radius 1 is 0.929 bits per heavy atom. The van der Waals surface area contributed by atoms with Crippen molar-refractivity contribution in [2.45, 2.75) is 115 Å². The van der Waals surface area contributed by atoms with Gasteiger partial charge in [-0.2, -0.15) is 0 Å². The monoisotopic (exact) mass is 400 g/mol. The van der Waals surface area contributed by atoms with Gasteiger partial charge in [0.25, 0.3) is 0 Å². The molecule has 0 spiro atoms. The van der Waals surface area contributed by atoms with E-state index < -0.39 is 24.4 Å². The van der Waals surface area contributed by atoms with Crippen LogP contribution in [-0.4, -0.2) is 59.6 Å². The van der Waals surface area contributed by atoms with Gasteiger partial charge in [0.15, 0.2) is 0 Å². The Balaban J connectivity index is 1.90. The summed E-state index contributed by atoms with van der Waals surface area (Å²) in [5.41, 5.74) is 0. The van der Waals surface area contributed by atoms with Crippen LogP contribution in [0, 0.1) is 0 Å². The molecule has 0 unspecified atom stereocenters. The van der Waals surface area contributed by atoms with E-state index in [0.29, 0.717) is 6.61 Å². The smallest absolute Gasteiger partial charge is 0.114 e. The first-order valence-corrected chi connectivity index (χ1v) is 11.6. The predicted octanol–water partition coefficient (Wildman–Crippen LogP) is 4.13. The average molecular weight is 401 g/mol. The Morgan fingerprint density at radius 2 is 1.50 bits per heavy atom. The number of ether oxygens (including phenoxy) is 2. The first kappa shape index (κ1) is 25.6. The van der Waals surface area contributed by atoms with Crippen LogP contribution in [0.2, 0.25) is 0 Å². The summed E-state index contributed by atoms with van der Waals surface area (Å²) in [6.45, 7) is 2.56. The maximum Gasteiger partial charge on any atom is 0.114 e. The van der Waals surface area contributed by atoms with Gasteiger partial charge in [0, 0.05) is 6.61 Å². The predicted molar refractivity (Wildman–Crippen MR) is 113 cm³/mol. The summed E-state index contributed by atoms with van der Waals surface area (Å²) >= 11 is 0. The van der Waals surface area contributed by atoms with Gasteiger partial charge in [0.05, 0.1) is 13.2 Å². The van der Waals surface area contributed by atoms with Gasteiger partial charge in [0.1, 0.15) is 24.4 Å². The largest absolute Gasteiger partial charge is 0.394 e. The maximum absolute atomic E-state index is 9.88. The van der Waals surface area contributed by atoms with Crippen molar-refractivity contribution in [3.8, 4) is 0 Å². The molecule has 5 heteroatoms. The Kier molecular flexibility index (Phi) is 15.9. The van der Waals surface area contributed by atoms with Crippen LogP contribution in [0.15, 0.2) is 12.2 Å². The number of hydrogen-bond acceptors (Lipinski definition) is 5. The standard InChI is InChI=1S/C23H44O5/c1-2-3-4-5-6-7-8-9-10-11-12-13-14-15-16-17-27-23-21(26)19-28-22(23)20(25)18-24/h12-13,20-26H,2-11,14-19H2,1H3/b13-12+/t20-,21+,22-,23-/m1/s1. The first-order valence-electron chi connectivity index (χ1n) is 11.6. The molecule has 0 aromatic rings. The second-order valence-electron chi connectivity index (χ2n) is 8.03. The van der Waals surface area contributed by atoms with Crippen LogP contribution < -0.4 is 0 Å². The van der Waals surface area contributed by atoms with Gasteiger partial charge in [-0.15, -0.1) is 0 Å². The molecule has 4 atom stereocenters. The number of rotatable bonds is 18. The van der Waals surface area contributed by atoms with E-state index in [2.05, 4.69) is 19.1 Å². The van der Waals surface area contributed by atoms with E-state index in [1.165, 1.54) is 64.2 Å². The van der Waals surface area contributed by atoms with E-state index in [0.717, 1.165) is 19.3 Å². The van der Waals surface area contributed by atoms with Crippen LogP contribution >= 0.6 is 0 Å². The Hall–Kier alpha value is -0.460. The fraction of sp³-hybridized carbons (Fsp3) is 0.913. The molecule has 0 aromatic carbocycles. The molecule has 0 radical (unpaired) electrons. The molecule has 1 aliphatic rings. The van der Waals surface area contributed by atoms with Gasteiger partial charge in [-0.3, -0.25) is 0 Å². The molecule has 1 aliphatic heterocycles. The fourth-order valence-electron chi connectivity index (χ4n) is 3.65. The van der Waals surface area contributed by atoms with Gasteiger partial charge < -0.3 is 24.8 Å². The van der Waals surface area contributed by atoms with Crippen LogP contribution in [0.1, 0.15) is 90.4 Å². The van der Waals surface area contributed by atoms with Crippen LogP contribution in [-0.2, 0) is 9.47 Å². The molecule has 0 aromatic heterocycles. The van der Waals surface area contributed by atoms with Gasteiger partial charge >= 0.3 is 0 Å². The second-order valence-corrected chi connectivity index (χ2v) is 8.03. The van der Waals surface area contributed by atoms with Gasteiger partial charge in [-0.25, -0.2) is 0 Å². The Morgan fingerprint density at radius 3 is 2.11 bits per heavy atom. The SMILES string of the molecule is CCCCCCCCCCC/C=C/CCCCO[C@H]1[C@@H]([C@H](O)CO)OC[C@@H]1O. The lowest BCUT2D eigenvalue weighted by molar-refractivity contribution is -0.0937. The minimum absolute atomic E-state index is 0.147. The zero-order chi connectivity index (χ0) is 20.5. The lowest BCUT2D eigenvalue weighted by atomic mass is 10.1. The molecule has 1 fully saturated rings. The second kappa shape index (κ2) is 17.4. The molecule has 0 saturated carbocycles. The van der Waals surface area contributed by atoms with Crippen molar-refractivity contribution in [1.82, 2.24) is 0 Å². The summed E-state index contributed by atoms with van der Waals surface area (Å²) in [4.78, 5) is 0. The molecule has 3 N–H and O–H groups in total. The minimum Gasteiger partial charge on any atom is -0.394 e. The molecule has 0 amide bonds. The molecule has 28 heavy (non-hydrogen) atoms. The third kappa shape index (κ3) is 11.5. The lowest BCUT2D eigenvalue weighted by Crippen LogP contribution is -2.42. The molecule has 1 rings (SSSR count). The first-order chi connectivity index (χ1) is 13.7. The van der Waals surface area contributed by atoms with E-state index in [1.807, 2.05) is 0 Å². The van der Waals surface area contributed by atoms with Crippen molar-refractivity contribution >= 4 is 0 Å². The van der Waals surface area contributed by atoms with Gasteiger partial charge in [0.2, 0.25) is 0 Å². The summed E-state index contributed by atoms with van der Waals surface area (Å²) < 4.78 is 11.0. The summed E-state index contributed by atoms with van der Waals surface area (Å²) in [6, 6.07) is 0. The molecule has 1 heterocycles. The van der Waals surface area contributed by atoms with E-state index in [-0.39, 0.29) is 13.2 Å². The lowest BCUT2D eigenvalue weighted by Gasteiger charge is -2.23. The summed E-state index contributed by atoms with van der Waals surface area (Å²) in [5, 5.41) is 28.6. The third-order valence-electron chi connectivity index (χ3n) is 5.45. The fourth-order valence-corrected chi connectivity index (χ4v) is 3.65. The minimum atomic E-state index is -1.01. The summed E-state index contributed by atoms with van der Waals surface area (Å²) in [7, 11) is 0. The Labute approximate surface area is 172 Å². The van der Waals surface area contributed by atoms with E-state index >= 15 is 0 Å². The molecule has 5 nitrogen and oxygen atoms in total. The highest BCUT2D eigenvalue weighted by atomic mass is 16.6. The molecule has 1 saturated heterocycles. The number of hydrogen-bond donors (Lipinski definition) is 3. The van der Waals surface area contributed by atoms with Gasteiger partial charge in [-0.1, -0.05) is 70.4 Å². The highest BCUT2D eigenvalue weighted by Gasteiger charge is 2.40. The van der Waals surface area contributed by atoms with E-state index in [1.54, 1.807) is 0 Å². The van der Waals surface area contributed by atoms with Crippen molar-refractivity contribution < 1.29 is 24.8 Å². The number of aliphatic hydroxyl groups excluding tert-OH is 3. The quantitative estimate of drug-likeness (QED) is 0.238. The van der Waals surface area contributed by atoms with Crippen molar-refractivity contribution in [1.29, 1.82) is 0 Å². The maximum atomic E-state index is 9.88. The summed E-state index contributed by atoms with van der Waals surface area (Å²) in [5.74, 6) is 0.